The Labute approximate surface area is 117 Å². The predicted octanol–water partition coefficient (Wildman–Crippen LogP) is 3.73. The highest BCUT2D eigenvalue weighted by Crippen LogP contribution is 2.23. The maximum atomic E-state index is 13.1. The van der Waals surface area contributed by atoms with Crippen molar-refractivity contribution < 1.29 is 22.4 Å². The van der Waals surface area contributed by atoms with E-state index in [1.165, 1.54) is 12.1 Å². The first-order chi connectivity index (χ1) is 9.93. The second-order valence-electron chi connectivity index (χ2n) is 4.24. The molecule has 106 valence electrons. The summed E-state index contributed by atoms with van der Waals surface area (Å²) in [6.07, 6.45) is 0. The molecule has 0 aliphatic carbocycles. The zero-order chi connectivity index (χ0) is 15.6. The van der Waals surface area contributed by atoms with Crippen LogP contribution < -0.4 is 0 Å². The molecule has 2 nitrogen and oxygen atoms in total. The first-order valence-electron chi connectivity index (χ1n) is 5.78. The molecular weight excluding hydrogens is 286 g/mol. The normalized spacial score (nSPS) is 11.8. The highest BCUT2D eigenvalue weighted by atomic mass is 19.2. The summed E-state index contributed by atoms with van der Waals surface area (Å²) < 4.78 is 52.2. The molecule has 6 heteroatoms. The predicted molar refractivity (Wildman–Crippen MR) is 65.4 cm³/mol. The molecule has 2 aromatic carbocycles. The van der Waals surface area contributed by atoms with Crippen LogP contribution in [0.5, 0.6) is 0 Å². The fraction of sp³-hybridized carbons (Fsp3) is 0.0667. The third-order valence-corrected chi connectivity index (χ3v) is 2.84. The minimum Gasteiger partial charge on any atom is -0.292 e. The van der Waals surface area contributed by atoms with E-state index in [1.807, 2.05) is 0 Å². The van der Waals surface area contributed by atoms with Gasteiger partial charge >= 0.3 is 0 Å². The van der Waals surface area contributed by atoms with Gasteiger partial charge in [-0.15, -0.1) is 0 Å². The van der Waals surface area contributed by atoms with E-state index in [9.17, 15) is 22.4 Å². The molecule has 0 N–H and O–H groups in total. The van der Waals surface area contributed by atoms with Crippen LogP contribution in [0.15, 0.2) is 36.4 Å². The Hall–Kier alpha value is -2.68. The van der Waals surface area contributed by atoms with Gasteiger partial charge in [0.05, 0.1) is 6.07 Å². The smallest absolute Gasteiger partial charge is 0.194 e. The van der Waals surface area contributed by atoms with Crippen LogP contribution >= 0.6 is 0 Å². The lowest BCUT2D eigenvalue weighted by molar-refractivity contribution is 0.0977. The first-order valence-corrected chi connectivity index (χ1v) is 5.78. The van der Waals surface area contributed by atoms with Gasteiger partial charge in [0, 0.05) is 5.56 Å². The minimum atomic E-state index is -1.70. The zero-order valence-electron chi connectivity index (χ0n) is 10.4. The Kier molecular flexibility index (Phi) is 4.03. The average Bonchev–Trinajstić information content (AvgIpc) is 2.45. The van der Waals surface area contributed by atoms with Gasteiger partial charge in [-0.3, -0.25) is 4.79 Å². The van der Waals surface area contributed by atoms with E-state index in [2.05, 4.69) is 0 Å². The van der Waals surface area contributed by atoms with Crippen LogP contribution in [0, 0.1) is 34.6 Å². The molecule has 0 heterocycles. The fourth-order valence-corrected chi connectivity index (χ4v) is 1.84. The molecular formula is C15H7F4NO. The monoisotopic (exact) mass is 293 g/mol. The topological polar surface area (TPSA) is 40.9 Å². The average molecular weight is 293 g/mol. The molecule has 0 aromatic heterocycles. The standard InChI is InChI=1S/C15H7F4NO/c16-10-3-1-2-8(4-10)11(7-20)15(21)9-5-12(17)14(19)13(18)6-9/h1-6,11H. The van der Waals surface area contributed by atoms with Crippen molar-refractivity contribution in [3.63, 3.8) is 0 Å². The van der Waals surface area contributed by atoms with Crippen molar-refractivity contribution in [2.24, 2.45) is 0 Å². The van der Waals surface area contributed by atoms with Crippen LogP contribution in [0.1, 0.15) is 21.8 Å². The van der Waals surface area contributed by atoms with Crippen LogP contribution in [0.3, 0.4) is 0 Å². The molecule has 0 amide bonds. The Morgan fingerprint density at radius 3 is 2.19 bits per heavy atom. The molecule has 21 heavy (non-hydrogen) atoms. The number of carbonyl (C=O) groups excluding carboxylic acids is 1. The minimum absolute atomic E-state index is 0.0487. The molecule has 1 atom stereocenters. The molecule has 0 spiro atoms. The van der Waals surface area contributed by atoms with Crippen molar-refractivity contribution in [1.82, 2.24) is 0 Å². The molecule has 0 bridgehead atoms. The van der Waals surface area contributed by atoms with Gasteiger partial charge < -0.3 is 0 Å². The van der Waals surface area contributed by atoms with Crippen LogP contribution in [-0.2, 0) is 0 Å². The first kappa shape index (κ1) is 14.7. The maximum Gasteiger partial charge on any atom is 0.194 e. The molecule has 0 fully saturated rings. The number of nitriles is 1. The van der Waals surface area contributed by atoms with Gasteiger partial charge in [0.25, 0.3) is 0 Å². The van der Waals surface area contributed by atoms with Crippen molar-refractivity contribution in [1.29, 1.82) is 5.26 Å². The lowest BCUT2D eigenvalue weighted by Gasteiger charge is -2.09. The van der Waals surface area contributed by atoms with Gasteiger partial charge in [0.1, 0.15) is 11.7 Å². The van der Waals surface area contributed by atoms with Crippen LogP contribution in [0.2, 0.25) is 0 Å². The number of benzene rings is 2. The molecule has 2 rings (SSSR count). The van der Waals surface area contributed by atoms with Crippen molar-refractivity contribution in [2.45, 2.75) is 5.92 Å². The summed E-state index contributed by atoms with van der Waals surface area (Å²) in [7, 11) is 0. The summed E-state index contributed by atoms with van der Waals surface area (Å²) in [6, 6.07) is 7.39. The second-order valence-corrected chi connectivity index (χ2v) is 4.24. The molecule has 0 saturated carbocycles. The summed E-state index contributed by atoms with van der Waals surface area (Å²) in [6.45, 7) is 0. The number of Topliss-reactive ketones (excluding diaryl/α,β-unsaturated/α-hetero) is 1. The number of hydrogen-bond donors (Lipinski definition) is 0. The summed E-state index contributed by atoms with van der Waals surface area (Å²) >= 11 is 0. The Morgan fingerprint density at radius 2 is 1.67 bits per heavy atom. The lowest BCUT2D eigenvalue weighted by Crippen LogP contribution is -2.13. The highest BCUT2D eigenvalue weighted by molar-refractivity contribution is 6.02. The molecule has 1 unspecified atom stereocenters. The molecule has 0 aliphatic heterocycles. The van der Waals surface area contributed by atoms with E-state index < -0.39 is 40.5 Å². The SMILES string of the molecule is N#CC(C(=O)c1cc(F)c(F)c(F)c1)c1cccc(F)c1. The van der Waals surface area contributed by atoms with E-state index >= 15 is 0 Å². The largest absolute Gasteiger partial charge is 0.292 e. The summed E-state index contributed by atoms with van der Waals surface area (Å²) in [4.78, 5) is 12.1. The molecule has 2 aromatic rings. The quantitative estimate of drug-likeness (QED) is 0.491. The third-order valence-electron chi connectivity index (χ3n) is 2.84. The van der Waals surface area contributed by atoms with E-state index in [0.717, 1.165) is 12.1 Å². The molecule has 0 aliphatic rings. The number of carbonyl (C=O) groups is 1. The summed E-state index contributed by atoms with van der Waals surface area (Å²) in [5.74, 6) is -7.81. The Bertz CT molecular complexity index is 729. The number of ketones is 1. The van der Waals surface area contributed by atoms with Gasteiger partial charge in [0.15, 0.2) is 23.2 Å². The Morgan fingerprint density at radius 1 is 1.05 bits per heavy atom. The summed E-state index contributed by atoms with van der Waals surface area (Å²) in [5.41, 5.74) is -0.449. The van der Waals surface area contributed by atoms with Gasteiger partial charge in [-0.1, -0.05) is 12.1 Å². The van der Waals surface area contributed by atoms with E-state index in [4.69, 9.17) is 5.26 Å². The Balaban J connectivity index is 2.45. The highest BCUT2D eigenvalue weighted by Gasteiger charge is 2.24. The van der Waals surface area contributed by atoms with E-state index in [0.29, 0.717) is 12.1 Å². The van der Waals surface area contributed by atoms with Crippen molar-refractivity contribution >= 4 is 5.78 Å². The summed E-state index contributed by atoms with van der Waals surface area (Å²) in [5, 5.41) is 9.04. The number of rotatable bonds is 3. The third kappa shape index (κ3) is 2.92. The van der Waals surface area contributed by atoms with E-state index in [1.54, 1.807) is 6.07 Å². The zero-order valence-corrected chi connectivity index (χ0v) is 10.4. The van der Waals surface area contributed by atoms with Gasteiger partial charge in [0.2, 0.25) is 0 Å². The van der Waals surface area contributed by atoms with Gasteiger partial charge in [-0.2, -0.15) is 5.26 Å². The number of nitrogens with zero attached hydrogens (tertiary/aromatic N) is 1. The van der Waals surface area contributed by atoms with E-state index in [-0.39, 0.29) is 5.56 Å². The van der Waals surface area contributed by atoms with Crippen LogP contribution in [0.4, 0.5) is 17.6 Å². The number of halogens is 4. The van der Waals surface area contributed by atoms with Crippen molar-refractivity contribution in [3.8, 4) is 6.07 Å². The molecule has 0 radical (unpaired) electrons. The number of hydrogen-bond acceptors (Lipinski definition) is 2. The maximum absolute atomic E-state index is 13.1. The molecule has 0 saturated heterocycles. The second kappa shape index (κ2) is 5.75. The van der Waals surface area contributed by atoms with Crippen LogP contribution in [-0.4, -0.2) is 5.78 Å². The van der Waals surface area contributed by atoms with Crippen molar-refractivity contribution in [3.05, 3.63) is 70.8 Å². The van der Waals surface area contributed by atoms with Gasteiger partial charge in [-0.25, -0.2) is 17.6 Å². The van der Waals surface area contributed by atoms with Gasteiger partial charge in [-0.05, 0) is 29.8 Å². The van der Waals surface area contributed by atoms with Crippen molar-refractivity contribution in [2.75, 3.05) is 0 Å². The van der Waals surface area contributed by atoms with Crippen LogP contribution in [0.25, 0.3) is 0 Å². The lowest BCUT2D eigenvalue weighted by atomic mass is 9.91. The fourth-order valence-electron chi connectivity index (χ4n) is 1.84.